The molecule has 2 N–H and O–H groups in total. The van der Waals surface area contributed by atoms with Gasteiger partial charge in [0.1, 0.15) is 28.5 Å². The maximum Gasteiger partial charge on any atom is 0.235 e. The zero-order valence-electron chi connectivity index (χ0n) is 12.1. The Morgan fingerprint density at radius 3 is 2.96 bits per heavy atom. The first-order chi connectivity index (χ1) is 11.0. The summed E-state index contributed by atoms with van der Waals surface area (Å²) >= 11 is 0. The molecule has 0 radical (unpaired) electrons. The minimum atomic E-state index is -0.418. The first kappa shape index (κ1) is 13.4. The van der Waals surface area contributed by atoms with Crippen molar-refractivity contribution in [1.82, 2.24) is 9.55 Å². The van der Waals surface area contributed by atoms with Crippen LogP contribution in [0.1, 0.15) is 15.9 Å². The monoisotopic (exact) mass is 308 g/mol. The standard InChI is InChI=1S/C17H12N2O4/c1-19-8-9(11-3-2-4-18-17(11)19)5-14-16(22)15-12(21)6-10(20)7-13(15)23-14/h2-8,20-21H,1H3/b14-5+. The lowest BCUT2D eigenvalue weighted by molar-refractivity contribution is 0.101. The molecule has 1 aliphatic heterocycles. The topological polar surface area (TPSA) is 84.6 Å². The second-order valence-electron chi connectivity index (χ2n) is 5.35. The molecule has 3 aromatic rings. The van der Waals surface area contributed by atoms with E-state index in [2.05, 4.69) is 4.98 Å². The van der Waals surface area contributed by atoms with E-state index in [4.69, 9.17) is 4.74 Å². The van der Waals surface area contributed by atoms with E-state index >= 15 is 0 Å². The van der Waals surface area contributed by atoms with Crippen LogP contribution in [0.2, 0.25) is 0 Å². The van der Waals surface area contributed by atoms with Gasteiger partial charge in [-0.25, -0.2) is 4.98 Å². The molecular weight excluding hydrogens is 296 g/mol. The molecule has 0 bridgehead atoms. The van der Waals surface area contributed by atoms with Crippen LogP contribution in [-0.4, -0.2) is 25.5 Å². The predicted octanol–water partition coefficient (Wildman–Crippen LogP) is 2.60. The van der Waals surface area contributed by atoms with E-state index in [1.54, 1.807) is 12.3 Å². The Balaban J connectivity index is 1.84. The number of carbonyl (C=O) groups is 1. The molecule has 114 valence electrons. The van der Waals surface area contributed by atoms with Crippen LogP contribution < -0.4 is 4.74 Å². The largest absolute Gasteiger partial charge is 0.508 e. The second kappa shape index (κ2) is 4.61. The van der Waals surface area contributed by atoms with Crippen molar-refractivity contribution in [3.05, 3.63) is 53.5 Å². The van der Waals surface area contributed by atoms with Gasteiger partial charge in [0.15, 0.2) is 5.76 Å². The third kappa shape index (κ3) is 1.96. The van der Waals surface area contributed by atoms with Crippen LogP contribution in [0, 0.1) is 0 Å². The van der Waals surface area contributed by atoms with Crippen molar-refractivity contribution < 1.29 is 19.7 Å². The number of pyridine rings is 1. The molecule has 0 atom stereocenters. The summed E-state index contributed by atoms with van der Waals surface area (Å²) in [5, 5.41) is 20.2. The van der Waals surface area contributed by atoms with Gasteiger partial charge in [-0.15, -0.1) is 0 Å². The zero-order chi connectivity index (χ0) is 16.1. The lowest BCUT2D eigenvalue weighted by Gasteiger charge is -1.99. The van der Waals surface area contributed by atoms with Crippen LogP contribution in [0.25, 0.3) is 17.1 Å². The molecule has 6 nitrogen and oxygen atoms in total. The van der Waals surface area contributed by atoms with Crippen molar-refractivity contribution in [3.63, 3.8) is 0 Å². The van der Waals surface area contributed by atoms with E-state index in [-0.39, 0.29) is 28.6 Å². The Hall–Kier alpha value is -3.28. The zero-order valence-corrected chi connectivity index (χ0v) is 12.1. The molecule has 2 aromatic heterocycles. The fourth-order valence-electron chi connectivity index (χ4n) is 2.78. The van der Waals surface area contributed by atoms with Crippen molar-refractivity contribution in [2.45, 2.75) is 0 Å². The van der Waals surface area contributed by atoms with Crippen molar-refractivity contribution in [2.24, 2.45) is 7.05 Å². The summed E-state index contributed by atoms with van der Waals surface area (Å²) in [6.45, 7) is 0. The normalized spacial score (nSPS) is 15.2. The highest BCUT2D eigenvalue weighted by molar-refractivity contribution is 6.16. The smallest absolute Gasteiger partial charge is 0.235 e. The molecule has 0 unspecified atom stereocenters. The maximum atomic E-state index is 12.4. The average molecular weight is 308 g/mol. The molecule has 4 rings (SSSR count). The molecule has 23 heavy (non-hydrogen) atoms. The summed E-state index contributed by atoms with van der Waals surface area (Å²) in [5.74, 6) is -0.634. The predicted molar refractivity (Wildman–Crippen MR) is 83.4 cm³/mol. The Morgan fingerprint density at radius 2 is 2.13 bits per heavy atom. The number of benzene rings is 1. The first-order valence-corrected chi connectivity index (χ1v) is 6.95. The van der Waals surface area contributed by atoms with Crippen LogP contribution >= 0.6 is 0 Å². The van der Waals surface area contributed by atoms with Crippen LogP contribution in [0.4, 0.5) is 0 Å². The molecule has 3 heterocycles. The van der Waals surface area contributed by atoms with Gasteiger partial charge < -0.3 is 19.5 Å². The average Bonchev–Trinajstić information content (AvgIpc) is 2.98. The van der Waals surface area contributed by atoms with Gasteiger partial charge in [-0.2, -0.15) is 0 Å². The number of carbonyl (C=O) groups excluding carboxylic acids is 1. The number of aromatic nitrogens is 2. The van der Waals surface area contributed by atoms with E-state index in [1.165, 1.54) is 6.07 Å². The van der Waals surface area contributed by atoms with Gasteiger partial charge in [-0.1, -0.05) is 0 Å². The van der Waals surface area contributed by atoms with Crippen molar-refractivity contribution in [1.29, 1.82) is 0 Å². The van der Waals surface area contributed by atoms with E-state index in [9.17, 15) is 15.0 Å². The summed E-state index contributed by atoms with van der Waals surface area (Å²) in [6, 6.07) is 6.15. The molecule has 0 spiro atoms. The molecule has 0 fully saturated rings. The number of phenolic OH excluding ortho intramolecular Hbond substituents is 2. The molecule has 0 amide bonds. The van der Waals surface area contributed by atoms with Gasteiger partial charge in [0.2, 0.25) is 5.78 Å². The second-order valence-corrected chi connectivity index (χ2v) is 5.35. The molecule has 0 aliphatic carbocycles. The van der Waals surface area contributed by atoms with Crippen molar-refractivity contribution in [3.8, 4) is 17.2 Å². The summed E-state index contributed by atoms with van der Waals surface area (Å²) < 4.78 is 7.36. The van der Waals surface area contributed by atoms with Gasteiger partial charge in [0.05, 0.1) is 0 Å². The number of aromatic hydroxyl groups is 2. The van der Waals surface area contributed by atoms with Gasteiger partial charge in [-0.3, -0.25) is 4.79 Å². The van der Waals surface area contributed by atoms with E-state index in [0.29, 0.717) is 0 Å². The van der Waals surface area contributed by atoms with Gasteiger partial charge >= 0.3 is 0 Å². The number of rotatable bonds is 1. The summed E-state index contributed by atoms with van der Waals surface area (Å²) in [4.78, 5) is 16.7. The molecule has 1 aliphatic rings. The lowest BCUT2D eigenvalue weighted by Crippen LogP contribution is -1.98. The number of hydrogen-bond donors (Lipinski definition) is 2. The van der Waals surface area contributed by atoms with Gasteiger partial charge in [0, 0.05) is 42.5 Å². The lowest BCUT2D eigenvalue weighted by atomic mass is 10.1. The molecular formula is C17H12N2O4. The van der Waals surface area contributed by atoms with Crippen LogP contribution in [0.3, 0.4) is 0 Å². The van der Waals surface area contributed by atoms with Crippen LogP contribution in [0.15, 0.2) is 42.4 Å². The number of hydrogen-bond acceptors (Lipinski definition) is 5. The highest BCUT2D eigenvalue weighted by atomic mass is 16.5. The number of ether oxygens (including phenoxy) is 1. The first-order valence-electron chi connectivity index (χ1n) is 6.95. The Labute approximate surface area is 130 Å². The quantitative estimate of drug-likeness (QED) is 0.675. The van der Waals surface area contributed by atoms with Crippen LogP contribution in [0.5, 0.6) is 17.2 Å². The van der Waals surface area contributed by atoms with Crippen molar-refractivity contribution >= 4 is 22.9 Å². The Bertz CT molecular complexity index is 1000. The molecule has 0 saturated carbocycles. The third-order valence-corrected chi connectivity index (χ3v) is 3.79. The van der Waals surface area contributed by atoms with Crippen molar-refractivity contribution in [2.75, 3.05) is 0 Å². The number of phenols is 2. The highest BCUT2D eigenvalue weighted by Gasteiger charge is 2.31. The summed E-state index contributed by atoms with van der Waals surface area (Å²) in [5.41, 5.74) is 1.64. The van der Waals surface area contributed by atoms with E-state index < -0.39 is 5.78 Å². The summed E-state index contributed by atoms with van der Waals surface area (Å²) in [6.07, 6.45) is 5.16. The third-order valence-electron chi connectivity index (χ3n) is 3.79. The van der Waals surface area contributed by atoms with E-state index in [1.807, 2.05) is 29.9 Å². The number of ketones is 1. The van der Waals surface area contributed by atoms with Crippen LogP contribution in [-0.2, 0) is 7.05 Å². The number of nitrogens with zero attached hydrogens (tertiary/aromatic N) is 2. The fourth-order valence-corrected chi connectivity index (χ4v) is 2.78. The van der Waals surface area contributed by atoms with Gasteiger partial charge in [-0.05, 0) is 18.2 Å². The van der Waals surface area contributed by atoms with Gasteiger partial charge in [0.25, 0.3) is 0 Å². The SMILES string of the molecule is Cn1cc(/C=C2/Oc3cc(O)cc(O)c3C2=O)c2cccnc21. The number of allylic oxidation sites excluding steroid dienone is 1. The molecule has 1 aromatic carbocycles. The fraction of sp³-hybridized carbons (Fsp3) is 0.0588. The Morgan fingerprint density at radius 1 is 1.30 bits per heavy atom. The minimum Gasteiger partial charge on any atom is -0.508 e. The number of Topliss-reactive ketones (excluding diaryl/α,β-unsaturated/α-hetero) is 1. The highest BCUT2D eigenvalue weighted by Crippen LogP contribution is 2.40. The minimum absolute atomic E-state index is 0.0624. The summed E-state index contributed by atoms with van der Waals surface area (Å²) in [7, 11) is 1.87. The molecule has 0 saturated heterocycles. The number of fused-ring (bicyclic) bond motifs is 2. The Kier molecular flexibility index (Phi) is 2.68. The maximum absolute atomic E-state index is 12.4. The number of aryl methyl sites for hydroxylation is 1. The molecule has 6 heteroatoms. The van der Waals surface area contributed by atoms with E-state index in [0.717, 1.165) is 22.7 Å².